The molecule has 0 aliphatic carbocycles. The minimum absolute atomic E-state index is 0.208. The van der Waals surface area contributed by atoms with Crippen molar-refractivity contribution in [2.75, 3.05) is 26.3 Å². The predicted molar refractivity (Wildman–Crippen MR) is 161 cm³/mol. The van der Waals surface area contributed by atoms with E-state index < -0.39 is 41.1 Å². The van der Waals surface area contributed by atoms with Crippen LogP contribution in [-0.4, -0.2) is 82.3 Å². The molecule has 2 bridgehead atoms. The number of benzene rings is 1. The van der Waals surface area contributed by atoms with E-state index in [9.17, 15) is 19.5 Å². The molecule has 3 saturated heterocycles. The Labute approximate surface area is 250 Å². The highest BCUT2D eigenvalue weighted by atomic mass is 16.6. The van der Waals surface area contributed by atoms with Gasteiger partial charge in [-0.3, -0.25) is 14.4 Å². The number of nitrogens with zero attached hydrogens (tertiary/aromatic N) is 2. The Kier molecular flexibility index (Phi) is 10.7. The van der Waals surface area contributed by atoms with E-state index in [0.717, 1.165) is 31.2 Å². The number of aliphatic hydroxyl groups is 1. The number of aliphatic hydroxyl groups excluding tert-OH is 1. The summed E-state index contributed by atoms with van der Waals surface area (Å²) in [4.78, 5) is 46.2. The van der Waals surface area contributed by atoms with Gasteiger partial charge in [-0.15, -0.1) is 13.2 Å². The van der Waals surface area contributed by atoms with E-state index in [4.69, 9.17) is 9.47 Å². The smallest absolute Gasteiger partial charge is 0.312 e. The summed E-state index contributed by atoms with van der Waals surface area (Å²) < 4.78 is 12.6. The van der Waals surface area contributed by atoms with Crippen molar-refractivity contribution in [3.05, 3.63) is 61.2 Å². The summed E-state index contributed by atoms with van der Waals surface area (Å²) in [6, 6.07) is 8.04. The van der Waals surface area contributed by atoms with Gasteiger partial charge in [0, 0.05) is 13.1 Å². The number of hydrogen-bond donors (Lipinski definition) is 1. The highest BCUT2D eigenvalue weighted by molar-refractivity contribution is 5.98. The SMILES string of the molecule is C=CCCCOC(=O)[C@@H]1[C@H]2C(=O)N([C@@H](CO)Cc3ccccc3)C(C(=O)N(CC=C)CCCCC)C23CC[C@@]1(CC)O3. The van der Waals surface area contributed by atoms with E-state index >= 15 is 0 Å². The molecule has 42 heavy (non-hydrogen) atoms. The third-order valence-corrected chi connectivity index (χ3v) is 9.51. The van der Waals surface area contributed by atoms with Crippen LogP contribution in [0.15, 0.2) is 55.6 Å². The first-order valence-electron chi connectivity index (χ1n) is 15.7. The first-order valence-corrected chi connectivity index (χ1v) is 15.7. The largest absolute Gasteiger partial charge is 0.465 e. The molecule has 1 N–H and O–H groups in total. The molecule has 4 rings (SSSR count). The summed E-state index contributed by atoms with van der Waals surface area (Å²) in [5.41, 5.74) is -1.08. The molecule has 6 atom stereocenters. The van der Waals surface area contributed by atoms with Crippen LogP contribution in [0.1, 0.15) is 70.8 Å². The summed E-state index contributed by atoms with van der Waals surface area (Å²) >= 11 is 0. The van der Waals surface area contributed by atoms with Crippen LogP contribution in [0.2, 0.25) is 0 Å². The number of likely N-dealkylation sites (tertiary alicyclic amines) is 1. The van der Waals surface area contributed by atoms with Crippen molar-refractivity contribution in [2.45, 2.75) is 94.9 Å². The molecule has 8 nitrogen and oxygen atoms in total. The molecule has 3 aliphatic rings. The van der Waals surface area contributed by atoms with Crippen molar-refractivity contribution in [1.29, 1.82) is 0 Å². The molecular formula is C34H48N2O6. The van der Waals surface area contributed by atoms with Crippen LogP contribution in [0.3, 0.4) is 0 Å². The molecule has 1 spiro atoms. The summed E-state index contributed by atoms with van der Waals surface area (Å²) in [5, 5.41) is 10.7. The zero-order chi connectivity index (χ0) is 30.3. The van der Waals surface area contributed by atoms with E-state index in [1.54, 1.807) is 22.0 Å². The molecule has 8 heteroatoms. The van der Waals surface area contributed by atoms with Crippen LogP contribution >= 0.6 is 0 Å². The third kappa shape index (κ3) is 5.80. The fraction of sp³-hybridized carbons (Fsp3) is 0.618. The highest BCUT2D eigenvalue weighted by Crippen LogP contribution is 2.65. The topological polar surface area (TPSA) is 96.4 Å². The lowest BCUT2D eigenvalue weighted by Gasteiger charge is -2.39. The van der Waals surface area contributed by atoms with Gasteiger partial charge in [0.15, 0.2) is 0 Å². The Balaban J connectivity index is 1.76. The highest BCUT2D eigenvalue weighted by Gasteiger charge is 2.79. The Morgan fingerprint density at radius 2 is 1.93 bits per heavy atom. The maximum absolute atomic E-state index is 14.6. The number of esters is 1. The maximum Gasteiger partial charge on any atom is 0.312 e. The van der Waals surface area contributed by atoms with E-state index in [1.165, 1.54) is 0 Å². The number of hydrogen-bond acceptors (Lipinski definition) is 6. The quantitative estimate of drug-likeness (QED) is 0.166. The molecule has 3 aliphatic heterocycles. The first kappa shape index (κ1) is 32.0. The van der Waals surface area contributed by atoms with Crippen molar-refractivity contribution >= 4 is 17.8 Å². The summed E-state index contributed by atoms with van der Waals surface area (Å²) in [6.07, 6.45) is 9.65. The van der Waals surface area contributed by atoms with E-state index in [0.29, 0.717) is 45.2 Å². The zero-order valence-corrected chi connectivity index (χ0v) is 25.3. The van der Waals surface area contributed by atoms with E-state index in [2.05, 4.69) is 20.1 Å². The number of unbranched alkanes of at least 4 members (excludes halogenated alkanes) is 3. The summed E-state index contributed by atoms with van der Waals surface area (Å²) in [7, 11) is 0. The number of ether oxygens (including phenoxy) is 2. The molecule has 3 heterocycles. The van der Waals surface area contributed by atoms with Gasteiger partial charge in [0.2, 0.25) is 11.8 Å². The van der Waals surface area contributed by atoms with Crippen LogP contribution in [-0.2, 0) is 30.3 Å². The predicted octanol–water partition coefficient (Wildman–Crippen LogP) is 4.46. The van der Waals surface area contributed by atoms with Gasteiger partial charge in [-0.25, -0.2) is 0 Å². The number of rotatable bonds is 17. The average Bonchev–Trinajstić information content (AvgIpc) is 3.61. The number of fused-ring (bicyclic) bond motifs is 1. The maximum atomic E-state index is 14.6. The molecule has 0 aromatic heterocycles. The molecule has 2 unspecified atom stereocenters. The normalized spacial score (nSPS) is 28.4. The molecule has 0 radical (unpaired) electrons. The van der Waals surface area contributed by atoms with Crippen molar-refractivity contribution in [1.82, 2.24) is 9.80 Å². The fourth-order valence-electron chi connectivity index (χ4n) is 7.49. The Bertz CT molecular complexity index is 1120. The van der Waals surface area contributed by atoms with Crippen LogP contribution in [0, 0.1) is 11.8 Å². The van der Waals surface area contributed by atoms with Gasteiger partial charge < -0.3 is 24.4 Å². The third-order valence-electron chi connectivity index (χ3n) is 9.51. The molecule has 0 saturated carbocycles. The minimum Gasteiger partial charge on any atom is -0.465 e. The molecular weight excluding hydrogens is 532 g/mol. The lowest BCUT2D eigenvalue weighted by molar-refractivity contribution is -0.163. The Hall–Kier alpha value is -2.97. The first-order chi connectivity index (χ1) is 20.3. The van der Waals surface area contributed by atoms with Crippen molar-refractivity contribution in [3.8, 4) is 0 Å². The summed E-state index contributed by atoms with van der Waals surface area (Å²) in [6.45, 7) is 12.5. The Morgan fingerprint density at radius 3 is 2.57 bits per heavy atom. The second-order valence-electron chi connectivity index (χ2n) is 12.0. The molecule has 3 fully saturated rings. The van der Waals surface area contributed by atoms with Crippen molar-refractivity contribution in [2.24, 2.45) is 11.8 Å². The number of carbonyl (C=O) groups is 3. The summed E-state index contributed by atoms with van der Waals surface area (Å²) in [5.74, 6) is -2.61. The van der Waals surface area contributed by atoms with Crippen LogP contribution in [0.4, 0.5) is 0 Å². The monoisotopic (exact) mass is 580 g/mol. The van der Waals surface area contributed by atoms with Gasteiger partial charge in [0.1, 0.15) is 17.6 Å². The zero-order valence-electron chi connectivity index (χ0n) is 25.3. The second kappa shape index (κ2) is 14.0. The molecule has 1 aromatic rings. The van der Waals surface area contributed by atoms with Gasteiger partial charge in [0.25, 0.3) is 0 Å². The standard InChI is InChI=1S/C34H48N2O6/c1-5-9-14-21-35(20-7-3)31(39)29-34-19-18-33(8-4,42-34)28(32(40)41-22-15-10-6-2)27(34)30(38)36(29)26(24-37)23-25-16-12-11-13-17-25/h6-7,11-13,16-17,26-29,37H,2-3,5,8-10,14-15,18-24H2,1,4H3/t26-,27+,28+,29?,33-,34?/m1/s1. The molecule has 2 amide bonds. The molecule has 1 aromatic carbocycles. The number of amides is 2. The van der Waals surface area contributed by atoms with Gasteiger partial charge >= 0.3 is 5.97 Å². The van der Waals surface area contributed by atoms with Crippen LogP contribution in [0.25, 0.3) is 0 Å². The van der Waals surface area contributed by atoms with Gasteiger partial charge in [-0.2, -0.15) is 0 Å². The van der Waals surface area contributed by atoms with Crippen molar-refractivity contribution < 1.29 is 29.0 Å². The fourth-order valence-corrected chi connectivity index (χ4v) is 7.49. The second-order valence-corrected chi connectivity index (χ2v) is 12.0. The van der Waals surface area contributed by atoms with Gasteiger partial charge in [-0.1, -0.05) is 69.2 Å². The minimum atomic E-state index is -1.16. The van der Waals surface area contributed by atoms with Gasteiger partial charge in [0.05, 0.1) is 30.8 Å². The average molecular weight is 581 g/mol. The lowest BCUT2D eigenvalue weighted by atomic mass is 9.65. The lowest BCUT2D eigenvalue weighted by Crippen LogP contribution is -2.59. The molecule has 230 valence electrons. The van der Waals surface area contributed by atoms with Gasteiger partial charge in [-0.05, 0) is 50.5 Å². The van der Waals surface area contributed by atoms with Crippen LogP contribution < -0.4 is 0 Å². The van der Waals surface area contributed by atoms with E-state index in [-0.39, 0.29) is 25.0 Å². The van der Waals surface area contributed by atoms with E-state index in [1.807, 2.05) is 37.3 Å². The van der Waals surface area contributed by atoms with Crippen molar-refractivity contribution in [3.63, 3.8) is 0 Å². The number of carbonyl (C=O) groups excluding carboxylic acids is 3. The Morgan fingerprint density at radius 1 is 1.17 bits per heavy atom. The number of allylic oxidation sites excluding steroid dienone is 1. The van der Waals surface area contributed by atoms with Crippen LogP contribution in [0.5, 0.6) is 0 Å².